The molecule has 1 aromatic heterocycles. The van der Waals surface area contributed by atoms with Gasteiger partial charge in [0, 0.05) is 17.8 Å². The van der Waals surface area contributed by atoms with Crippen LogP contribution in [0.4, 0.5) is 0 Å². The highest BCUT2D eigenvalue weighted by Crippen LogP contribution is 2.27. The van der Waals surface area contributed by atoms with Gasteiger partial charge < -0.3 is 9.88 Å². The molecule has 1 saturated heterocycles. The molecule has 5 heteroatoms. The van der Waals surface area contributed by atoms with Crippen LogP contribution >= 0.6 is 0 Å². The van der Waals surface area contributed by atoms with Crippen LogP contribution in [-0.4, -0.2) is 45.3 Å². The molecule has 2 N–H and O–H groups in total. The number of fused-ring (bicyclic) bond motifs is 1. The van der Waals surface area contributed by atoms with Crippen molar-refractivity contribution in [2.24, 2.45) is 0 Å². The number of hydrogen-bond donors (Lipinski definition) is 2. The molecule has 3 heterocycles. The Hall–Kier alpha value is -1.85. The number of aromatic amines is 1. The molecule has 0 aliphatic carbocycles. The van der Waals surface area contributed by atoms with E-state index in [1.54, 1.807) is 11.1 Å². The SMILES string of the molecule is Cc1cc(C)c(C(=O)N2CC[N+]3(O)C=CC=C3C2)[nH]1. The minimum atomic E-state index is -0.146. The van der Waals surface area contributed by atoms with Crippen molar-refractivity contribution in [2.75, 3.05) is 19.6 Å². The molecule has 0 aromatic carbocycles. The normalized spacial score (nSPS) is 25.4. The lowest BCUT2D eigenvalue weighted by molar-refractivity contribution is -1.03. The summed E-state index contributed by atoms with van der Waals surface area (Å²) >= 11 is 0. The molecule has 0 bridgehead atoms. The fourth-order valence-corrected chi connectivity index (χ4v) is 2.74. The maximum Gasteiger partial charge on any atom is 0.271 e. The van der Waals surface area contributed by atoms with Gasteiger partial charge in [0.25, 0.3) is 5.91 Å². The summed E-state index contributed by atoms with van der Waals surface area (Å²) in [5.74, 6) is 0.00431. The molecule has 5 nitrogen and oxygen atoms in total. The molecule has 2 aliphatic rings. The van der Waals surface area contributed by atoms with E-state index in [-0.39, 0.29) is 10.6 Å². The third-order valence-electron chi connectivity index (χ3n) is 3.83. The third kappa shape index (κ3) is 1.91. The molecule has 1 aromatic rings. The van der Waals surface area contributed by atoms with Gasteiger partial charge in [0.05, 0.1) is 13.1 Å². The molecule has 0 spiro atoms. The number of amides is 1. The number of aryl methyl sites for hydroxylation is 2. The summed E-state index contributed by atoms with van der Waals surface area (Å²) in [7, 11) is 0. The van der Waals surface area contributed by atoms with Gasteiger partial charge in [-0.3, -0.25) is 4.79 Å². The first-order valence-corrected chi connectivity index (χ1v) is 6.44. The summed E-state index contributed by atoms with van der Waals surface area (Å²) in [5, 5.41) is 10.3. The Morgan fingerprint density at radius 1 is 1.47 bits per heavy atom. The second-order valence-corrected chi connectivity index (χ2v) is 5.29. The molecule has 3 rings (SSSR count). The number of quaternary nitrogens is 1. The Labute approximate surface area is 112 Å². The fraction of sp³-hybridized carbons (Fsp3) is 0.357. The zero-order valence-electron chi connectivity index (χ0n) is 11.2. The standard InChI is InChI=1S/C14H17N3O2/c1-10-8-11(2)15-13(10)14(18)16-5-7-17(19)6-3-4-12(17)9-16/h3-4,6,8,19H,5,7,9H2,1-2H3/p+1. The van der Waals surface area contributed by atoms with E-state index in [0.717, 1.165) is 17.0 Å². The van der Waals surface area contributed by atoms with Crippen LogP contribution in [0.5, 0.6) is 0 Å². The van der Waals surface area contributed by atoms with Crippen LogP contribution in [0.25, 0.3) is 0 Å². The number of nitrogens with one attached hydrogen (secondary N) is 1. The van der Waals surface area contributed by atoms with Crippen molar-refractivity contribution in [1.82, 2.24) is 9.88 Å². The van der Waals surface area contributed by atoms with E-state index >= 15 is 0 Å². The van der Waals surface area contributed by atoms with E-state index < -0.39 is 0 Å². The predicted octanol–water partition coefficient (Wildman–Crippen LogP) is 1.70. The quantitative estimate of drug-likeness (QED) is 0.755. The van der Waals surface area contributed by atoms with Crippen molar-refractivity contribution < 1.29 is 14.6 Å². The number of carbonyl (C=O) groups is 1. The molecule has 19 heavy (non-hydrogen) atoms. The van der Waals surface area contributed by atoms with Gasteiger partial charge in [-0.1, -0.05) is 0 Å². The third-order valence-corrected chi connectivity index (χ3v) is 3.83. The van der Waals surface area contributed by atoms with Gasteiger partial charge in [-0.05, 0) is 25.5 Å². The Morgan fingerprint density at radius 2 is 2.26 bits per heavy atom. The zero-order chi connectivity index (χ0) is 13.6. The smallest absolute Gasteiger partial charge is 0.271 e. The lowest BCUT2D eigenvalue weighted by atomic mass is 10.2. The topological polar surface area (TPSA) is 56.3 Å². The monoisotopic (exact) mass is 260 g/mol. The van der Waals surface area contributed by atoms with E-state index in [2.05, 4.69) is 4.98 Å². The number of H-pyrrole nitrogens is 1. The van der Waals surface area contributed by atoms with Crippen LogP contribution in [0.2, 0.25) is 0 Å². The number of hydrogen-bond acceptors (Lipinski definition) is 2. The fourth-order valence-electron chi connectivity index (χ4n) is 2.74. The first-order chi connectivity index (χ1) is 8.99. The molecule has 100 valence electrons. The first-order valence-electron chi connectivity index (χ1n) is 6.44. The number of hydroxylamine groups is 3. The molecule has 0 radical (unpaired) electrons. The Bertz CT molecular complexity index is 600. The van der Waals surface area contributed by atoms with Crippen molar-refractivity contribution in [1.29, 1.82) is 0 Å². The molecule has 1 fully saturated rings. The summed E-state index contributed by atoms with van der Waals surface area (Å²) in [6, 6.07) is 1.97. The molecule has 0 saturated carbocycles. The Kier molecular flexibility index (Phi) is 2.62. The van der Waals surface area contributed by atoms with Crippen molar-refractivity contribution >= 4 is 5.91 Å². The number of allylic oxidation sites excluding steroid dienone is 2. The minimum absolute atomic E-state index is 0.00431. The summed E-state index contributed by atoms with van der Waals surface area (Å²) < 4.78 is -0.146. The first kappa shape index (κ1) is 12.2. The number of nitrogens with zero attached hydrogens (tertiary/aromatic N) is 2. The van der Waals surface area contributed by atoms with Gasteiger partial charge in [-0.25, -0.2) is 5.21 Å². The maximum absolute atomic E-state index is 12.5. The van der Waals surface area contributed by atoms with Gasteiger partial charge in [-0.15, -0.1) is 4.65 Å². The molecule has 1 unspecified atom stereocenters. The second-order valence-electron chi connectivity index (χ2n) is 5.29. The van der Waals surface area contributed by atoms with Crippen LogP contribution in [0.3, 0.4) is 0 Å². The highest BCUT2D eigenvalue weighted by Gasteiger charge is 2.40. The van der Waals surface area contributed by atoms with Crippen molar-refractivity contribution in [2.45, 2.75) is 13.8 Å². The number of aromatic nitrogens is 1. The highest BCUT2D eigenvalue weighted by atomic mass is 16.5. The van der Waals surface area contributed by atoms with Crippen molar-refractivity contribution in [3.8, 4) is 0 Å². The minimum Gasteiger partial charge on any atom is -0.354 e. The predicted molar refractivity (Wildman–Crippen MR) is 70.3 cm³/mol. The van der Waals surface area contributed by atoms with Gasteiger partial charge >= 0.3 is 0 Å². The molecule has 1 atom stereocenters. The number of rotatable bonds is 1. The summed E-state index contributed by atoms with van der Waals surface area (Å²) in [6.07, 6.45) is 5.47. The zero-order valence-corrected chi connectivity index (χ0v) is 11.2. The van der Waals surface area contributed by atoms with Crippen LogP contribution in [0.1, 0.15) is 21.7 Å². The lowest BCUT2D eigenvalue weighted by Gasteiger charge is -2.35. The Balaban J connectivity index is 1.82. The molecule has 2 aliphatic heterocycles. The van der Waals surface area contributed by atoms with E-state index in [4.69, 9.17) is 0 Å². The van der Waals surface area contributed by atoms with Gasteiger partial charge in [0.1, 0.15) is 18.4 Å². The van der Waals surface area contributed by atoms with Crippen molar-refractivity contribution in [3.63, 3.8) is 0 Å². The second kappa shape index (κ2) is 4.08. The largest absolute Gasteiger partial charge is 0.354 e. The summed E-state index contributed by atoms with van der Waals surface area (Å²) in [4.78, 5) is 17.4. The average molecular weight is 260 g/mol. The Morgan fingerprint density at radius 3 is 2.95 bits per heavy atom. The number of carbonyl (C=O) groups excluding carboxylic acids is 1. The lowest BCUT2D eigenvalue weighted by Crippen LogP contribution is -2.53. The van der Waals surface area contributed by atoms with Crippen molar-refractivity contribution in [3.05, 3.63) is 47.1 Å². The maximum atomic E-state index is 12.5. The molecular formula is C14H18N3O2+. The van der Waals surface area contributed by atoms with E-state index in [1.165, 1.54) is 0 Å². The summed E-state index contributed by atoms with van der Waals surface area (Å²) in [5.41, 5.74) is 3.46. The molecular weight excluding hydrogens is 242 g/mol. The van der Waals surface area contributed by atoms with Crippen LogP contribution < -0.4 is 0 Å². The average Bonchev–Trinajstić information content (AvgIpc) is 2.89. The van der Waals surface area contributed by atoms with E-state index in [1.807, 2.05) is 32.1 Å². The number of piperazine rings is 1. The van der Waals surface area contributed by atoms with Crippen LogP contribution in [-0.2, 0) is 0 Å². The summed E-state index contributed by atoms with van der Waals surface area (Å²) in [6.45, 7) is 5.41. The van der Waals surface area contributed by atoms with Crippen LogP contribution in [0, 0.1) is 13.8 Å². The van der Waals surface area contributed by atoms with E-state index in [9.17, 15) is 10.0 Å². The van der Waals surface area contributed by atoms with Crippen LogP contribution in [0.15, 0.2) is 30.1 Å². The molecule has 1 amide bonds. The van der Waals surface area contributed by atoms with E-state index in [0.29, 0.717) is 25.3 Å². The van der Waals surface area contributed by atoms with Gasteiger partial charge in [0.15, 0.2) is 5.70 Å². The van der Waals surface area contributed by atoms with Gasteiger partial charge in [0.2, 0.25) is 0 Å². The highest BCUT2D eigenvalue weighted by molar-refractivity contribution is 5.94. The van der Waals surface area contributed by atoms with Gasteiger partial charge in [-0.2, -0.15) is 0 Å².